The highest BCUT2D eigenvalue weighted by Crippen LogP contribution is 2.21. The monoisotopic (exact) mass is 382 g/mol. The van der Waals surface area contributed by atoms with Gasteiger partial charge < -0.3 is 4.98 Å². The predicted octanol–water partition coefficient (Wildman–Crippen LogP) is 2.59. The highest BCUT2D eigenvalue weighted by atomic mass is 16.6. The zero-order valence-electron chi connectivity index (χ0n) is 15.6. The Morgan fingerprint density at radius 1 is 1.32 bits per heavy atom. The van der Waals surface area contributed by atoms with E-state index in [0.717, 1.165) is 10.6 Å². The van der Waals surface area contributed by atoms with E-state index in [0.29, 0.717) is 28.8 Å². The lowest BCUT2D eigenvalue weighted by molar-refractivity contribution is -0.384. The summed E-state index contributed by atoms with van der Waals surface area (Å²) in [6.45, 7) is 4.70. The van der Waals surface area contributed by atoms with Gasteiger partial charge in [0.25, 0.3) is 11.2 Å². The molecule has 0 atom stereocenters. The van der Waals surface area contributed by atoms with Crippen molar-refractivity contribution in [1.82, 2.24) is 14.5 Å². The number of nitrogens with one attached hydrogen (secondary N) is 1. The molecule has 0 saturated heterocycles. The molecule has 0 saturated carbocycles. The van der Waals surface area contributed by atoms with Gasteiger partial charge in [-0.1, -0.05) is 6.92 Å². The fraction of sp³-hybridized carbons (Fsp3) is 0.263. The number of aryl methyl sites for hydroxylation is 1. The van der Waals surface area contributed by atoms with Crippen LogP contribution in [0, 0.1) is 17.0 Å². The lowest BCUT2D eigenvalue weighted by atomic mass is 10.0. The quantitative estimate of drug-likeness (QED) is 0.396. The third-order valence-corrected chi connectivity index (χ3v) is 4.61. The van der Waals surface area contributed by atoms with Gasteiger partial charge in [-0.2, -0.15) is 0 Å². The number of benzene rings is 1. The molecule has 2 heterocycles. The first-order chi connectivity index (χ1) is 13.2. The van der Waals surface area contributed by atoms with Crippen LogP contribution in [-0.2, 0) is 13.0 Å². The SMILES string of the molecule is CCc1c(C(=O)Cn2cnc3ccc([N+](=O)[O-])cc3c2=O)[nH]c(C)c1C(C)=O. The number of rotatable bonds is 6. The molecular weight excluding hydrogens is 364 g/mol. The van der Waals surface area contributed by atoms with Crippen molar-refractivity contribution in [3.8, 4) is 0 Å². The highest BCUT2D eigenvalue weighted by molar-refractivity contribution is 6.03. The smallest absolute Gasteiger partial charge is 0.270 e. The first-order valence-corrected chi connectivity index (χ1v) is 8.63. The maximum absolute atomic E-state index is 12.8. The maximum Gasteiger partial charge on any atom is 0.270 e. The summed E-state index contributed by atoms with van der Waals surface area (Å²) >= 11 is 0. The van der Waals surface area contributed by atoms with Crippen molar-refractivity contribution in [2.24, 2.45) is 0 Å². The first kappa shape index (κ1) is 19.2. The van der Waals surface area contributed by atoms with Crippen LogP contribution < -0.4 is 5.56 Å². The Morgan fingerprint density at radius 3 is 2.64 bits per heavy atom. The second kappa shape index (κ2) is 7.18. The third-order valence-electron chi connectivity index (χ3n) is 4.61. The molecule has 3 aromatic rings. The molecule has 0 spiro atoms. The van der Waals surface area contributed by atoms with Gasteiger partial charge in [0, 0.05) is 23.4 Å². The number of ketones is 2. The van der Waals surface area contributed by atoms with Gasteiger partial charge in [0.15, 0.2) is 11.6 Å². The topological polar surface area (TPSA) is 128 Å². The molecule has 3 rings (SSSR count). The van der Waals surface area contributed by atoms with Crippen LogP contribution in [0.15, 0.2) is 29.3 Å². The fourth-order valence-electron chi connectivity index (χ4n) is 3.35. The van der Waals surface area contributed by atoms with Crippen LogP contribution in [0.5, 0.6) is 0 Å². The number of aromatic amines is 1. The van der Waals surface area contributed by atoms with Crippen molar-refractivity contribution in [2.45, 2.75) is 33.7 Å². The minimum absolute atomic E-state index is 0.0623. The van der Waals surface area contributed by atoms with Crippen molar-refractivity contribution in [2.75, 3.05) is 0 Å². The molecule has 28 heavy (non-hydrogen) atoms. The van der Waals surface area contributed by atoms with Crippen LogP contribution in [0.2, 0.25) is 0 Å². The average molecular weight is 382 g/mol. The van der Waals surface area contributed by atoms with Crippen molar-refractivity contribution in [1.29, 1.82) is 0 Å². The average Bonchev–Trinajstić information content (AvgIpc) is 3.00. The van der Waals surface area contributed by atoms with Gasteiger partial charge in [-0.25, -0.2) is 4.98 Å². The number of non-ortho nitro benzene ring substituents is 1. The molecule has 0 aliphatic rings. The lowest BCUT2D eigenvalue weighted by Gasteiger charge is -2.07. The van der Waals surface area contributed by atoms with E-state index in [4.69, 9.17) is 0 Å². The molecule has 0 bridgehead atoms. The Hall–Kier alpha value is -3.62. The molecular formula is C19H18N4O5. The molecule has 0 amide bonds. The van der Waals surface area contributed by atoms with E-state index >= 15 is 0 Å². The normalized spacial score (nSPS) is 11.0. The van der Waals surface area contributed by atoms with E-state index in [2.05, 4.69) is 9.97 Å². The zero-order valence-corrected chi connectivity index (χ0v) is 15.6. The Kier molecular flexibility index (Phi) is 4.91. The van der Waals surface area contributed by atoms with Gasteiger partial charge in [-0.3, -0.25) is 29.1 Å². The summed E-state index contributed by atoms with van der Waals surface area (Å²) in [4.78, 5) is 54.8. The lowest BCUT2D eigenvalue weighted by Crippen LogP contribution is -2.25. The minimum Gasteiger partial charge on any atom is -0.355 e. The summed E-state index contributed by atoms with van der Waals surface area (Å²) in [5.41, 5.74) is 1.54. The van der Waals surface area contributed by atoms with E-state index < -0.39 is 10.5 Å². The second-order valence-electron chi connectivity index (χ2n) is 6.45. The summed E-state index contributed by atoms with van der Waals surface area (Å²) in [6, 6.07) is 3.81. The van der Waals surface area contributed by atoms with Gasteiger partial charge in [-0.15, -0.1) is 0 Å². The Balaban J connectivity index is 2.04. The Morgan fingerprint density at radius 2 is 2.04 bits per heavy atom. The van der Waals surface area contributed by atoms with Gasteiger partial charge >= 0.3 is 0 Å². The standard InChI is InChI=1S/C19H18N4O5/c1-4-13-17(11(3)24)10(2)21-18(13)16(25)8-22-9-20-15-6-5-12(23(27)28)7-14(15)19(22)26/h5-7,9,21H,4,8H2,1-3H3. The van der Waals surface area contributed by atoms with Gasteiger partial charge in [0.05, 0.1) is 34.4 Å². The molecule has 9 heteroatoms. The van der Waals surface area contributed by atoms with Crippen molar-refractivity contribution < 1.29 is 14.5 Å². The number of aromatic nitrogens is 3. The van der Waals surface area contributed by atoms with Gasteiger partial charge in [0.2, 0.25) is 0 Å². The minimum atomic E-state index is -0.597. The number of nitro benzene ring substituents is 1. The highest BCUT2D eigenvalue weighted by Gasteiger charge is 2.22. The third kappa shape index (κ3) is 3.22. The van der Waals surface area contributed by atoms with E-state index in [1.54, 1.807) is 6.92 Å². The predicted molar refractivity (Wildman–Crippen MR) is 102 cm³/mol. The summed E-state index contributed by atoms with van der Waals surface area (Å²) in [5, 5.41) is 11.0. The zero-order chi connectivity index (χ0) is 20.6. The van der Waals surface area contributed by atoms with Crippen LogP contribution in [-0.4, -0.2) is 31.0 Å². The van der Waals surface area contributed by atoms with E-state index in [1.165, 1.54) is 25.4 Å². The van der Waals surface area contributed by atoms with Crippen LogP contribution in [0.3, 0.4) is 0 Å². The molecule has 0 unspecified atom stereocenters. The largest absolute Gasteiger partial charge is 0.355 e. The van der Waals surface area contributed by atoms with Crippen LogP contribution in [0.25, 0.3) is 10.9 Å². The molecule has 1 aromatic carbocycles. The molecule has 0 radical (unpaired) electrons. The van der Waals surface area contributed by atoms with Crippen molar-refractivity contribution in [3.05, 3.63) is 67.5 Å². The van der Waals surface area contributed by atoms with Crippen molar-refractivity contribution in [3.63, 3.8) is 0 Å². The Labute approximate surface area is 159 Å². The summed E-state index contributed by atoms with van der Waals surface area (Å²) < 4.78 is 1.11. The van der Waals surface area contributed by atoms with E-state index in [-0.39, 0.29) is 34.9 Å². The first-order valence-electron chi connectivity index (χ1n) is 8.63. The number of nitrogens with zero attached hydrogens (tertiary/aromatic N) is 3. The Bertz CT molecular complexity index is 1190. The molecule has 9 nitrogen and oxygen atoms in total. The number of H-pyrrole nitrogens is 1. The van der Waals surface area contributed by atoms with E-state index in [1.807, 2.05) is 6.92 Å². The number of Topliss-reactive ketones (excluding diaryl/α,β-unsaturated/α-hetero) is 2. The summed E-state index contributed by atoms with van der Waals surface area (Å²) in [5.74, 6) is -0.511. The maximum atomic E-state index is 12.8. The molecule has 0 aliphatic heterocycles. The van der Waals surface area contributed by atoms with Crippen molar-refractivity contribution >= 4 is 28.2 Å². The molecule has 144 valence electrons. The summed E-state index contributed by atoms with van der Waals surface area (Å²) in [7, 11) is 0. The number of carbonyl (C=O) groups is 2. The summed E-state index contributed by atoms with van der Waals surface area (Å²) in [6.07, 6.45) is 1.72. The number of carbonyl (C=O) groups excluding carboxylic acids is 2. The van der Waals surface area contributed by atoms with E-state index in [9.17, 15) is 24.5 Å². The number of hydrogen-bond acceptors (Lipinski definition) is 6. The second-order valence-corrected chi connectivity index (χ2v) is 6.45. The van der Waals surface area contributed by atoms with Gasteiger partial charge in [0.1, 0.15) is 0 Å². The van der Waals surface area contributed by atoms with Gasteiger partial charge in [-0.05, 0) is 31.9 Å². The number of fused-ring (bicyclic) bond motifs is 1. The van der Waals surface area contributed by atoms with Crippen LogP contribution in [0.1, 0.15) is 46.0 Å². The number of hydrogen-bond donors (Lipinski definition) is 1. The molecule has 2 aromatic heterocycles. The van der Waals surface area contributed by atoms with Crippen LogP contribution in [0.4, 0.5) is 5.69 Å². The van der Waals surface area contributed by atoms with Crippen LogP contribution >= 0.6 is 0 Å². The fourth-order valence-corrected chi connectivity index (χ4v) is 3.35. The number of nitro groups is 1. The molecule has 1 N–H and O–H groups in total. The molecule has 0 fully saturated rings. The molecule has 0 aliphatic carbocycles.